The van der Waals surface area contributed by atoms with E-state index in [0.717, 1.165) is 6.07 Å². The fourth-order valence-electron chi connectivity index (χ4n) is 1.13. The highest BCUT2D eigenvalue weighted by molar-refractivity contribution is 5.90. The molecular weight excluding hydrogens is 209 g/mol. The highest BCUT2D eigenvalue weighted by Crippen LogP contribution is 2.16. The number of nitrogens with one attached hydrogen (secondary N) is 2. The third kappa shape index (κ3) is 3.76. The molecule has 0 fully saturated rings. The van der Waals surface area contributed by atoms with Crippen LogP contribution < -0.4 is 16.4 Å². The van der Waals surface area contributed by atoms with Gasteiger partial charge >= 0.3 is 6.03 Å². The number of benzene rings is 1. The van der Waals surface area contributed by atoms with E-state index < -0.39 is 11.8 Å². The monoisotopic (exact) mass is 225 g/mol. The van der Waals surface area contributed by atoms with Crippen molar-refractivity contribution in [1.29, 1.82) is 0 Å². The lowest BCUT2D eigenvalue weighted by atomic mass is 10.1. The van der Waals surface area contributed by atoms with Gasteiger partial charge in [0.1, 0.15) is 5.82 Å². The van der Waals surface area contributed by atoms with E-state index in [1.807, 2.05) is 20.8 Å². The van der Waals surface area contributed by atoms with E-state index in [0.29, 0.717) is 5.69 Å². The molecule has 0 aliphatic rings. The average molecular weight is 225 g/mol. The number of nitrogens with two attached hydrogens (primary N) is 1. The second-order valence-electron chi connectivity index (χ2n) is 4.57. The molecular formula is C11H16FN3O. The van der Waals surface area contributed by atoms with Crippen LogP contribution in [0.1, 0.15) is 20.8 Å². The van der Waals surface area contributed by atoms with Crippen LogP contribution in [0.3, 0.4) is 0 Å². The van der Waals surface area contributed by atoms with Crippen LogP contribution in [0.2, 0.25) is 0 Å². The van der Waals surface area contributed by atoms with E-state index in [9.17, 15) is 9.18 Å². The van der Waals surface area contributed by atoms with Crippen LogP contribution in [0.25, 0.3) is 0 Å². The Hall–Kier alpha value is -1.78. The summed E-state index contributed by atoms with van der Waals surface area (Å²) >= 11 is 0. The van der Waals surface area contributed by atoms with Crippen molar-refractivity contribution in [2.24, 2.45) is 0 Å². The molecule has 1 rings (SSSR count). The second kappa shape index (κ2) is 4.38. The predicted molar refractivity (Wildman–Crippen MR) is 62.7 cm³/mol. The average Bonchev–Trinajstić information content (AvgIpc) is 2.06. The Labute approximate surface area is 94.0 Å². The molecule has 0 aliphatic heterocycles. The fourth-order valence-corrected chi connectivity index (χ4v) is 1.13. The number of hydrogen-bond acceptors (Lipinski definition) is 2. The maximum Gasteiger partial charge on any atom is 0.319 e. The van der Waals surface area contributed by atoms with Gasteiger partial charge in [-0.3, -0.25) is 0 Å². The lowest BCUT2D eigenvalue weighted by molar-refractivity contribution is 0.243. The van der Waals surface area contributed by atoms with Gasteiger partial charge in [-0.1, -0.05) is 0 Å². The van der Waals surface area contributed by atoms with Crippen molar-refractivity contribution < 1.29 is 9.18 Å². The summed E-state index contributed by atoms with van der Waals surface area (Å²) in [5, 5.41) is 5.07. The summed E-state index contributed by atoms with van der Waals surface area (Å²) in [6.45, 7) is 5.52. The van der Waals surface area contributed by atoms with E-state index in [2.05, 4.69) is 10.6 Å². The summed E-state index contributed by atoms with van der Waals surface area (Å²) in [7, 11) is 0. The molecule has 0 bridgehead atoms. The highest BCUT2D eigenvalue weighted by Gasteiger charge is 2.14. The van der Waals surface area contributed by atoms with Gasteiger partial charge in [-0.25, -0.2) is 9.18 Å². The van der Waals surface area contributed by atoms with Crippen molar-refractivity contribution in [2.45, 2.75) is 26.3 Å². The summed E-state index contributed by atoms with van der Waals surface area (Å²) in [4.78, 5) is 11.4. The van der Waals surface area contributed by atoms with E-state index in [-0.39, 0.29) is 11.2 Å². The Morgan fingerprint density at radius 2 is 2.00 bits per heavy atom. The van der Waals surface area contributed by atoms with Crippen LogP contribution in [0.15, 0.2) is 18.2 Å². The third-order valence-electron chi connectivity index (χ3n) is 1.73. The minimum atomic E-state index is -0.552. The Morgan fingerprint density at radius 3 is 2.50 bits per heavy atom. The molecule has 0 saturated heterocycles. The Kier molecular flexibility index (Phi) is 3.37. The number of anilines is 2. The smallest absolute Gasteiger partial charge is 0.319 e. The molecule has 2 amide bonds. The zero-order chi connectivity index (χ0) is 12.3. The first-order chi connectivity index (χ1) is 7.28. The molecule has 16 heavy (non-hydrogen) atoms. The highest BCUT2D eigenvalue weighted by atomic mass is 19.1. The fraction of sp³-hybridized carbons (Fsp3) is 0.364. The quantitative estimate of drug-likeness (QED) is 0.642. The molecule has 0 atom stereocenters. The number of rotatable bonds is 1. The van der Waals surface area contributed by atoms with Crippen LogP contribution in [0.4, 0.5) is 20.6 Å². The van der Waals surface area contributed by atoms with E-state index in [1.54, 1.807) is 0 Å². The topological polar surface area (TPSA) is 67.2 Å². The number of carbonyl (C=O) groups excluding carboxylic acids is 1. The normalized spacial score (nSPS) is 11.0. The summed E-state index contributed by atoms with van der Waals surface area (Å²) in [5.41, 5.74) is 5.45. The largest absolute Gasteiger partial charge is 0.399 e. The molecule has 0 heterocycles. The van der Waals surface area contributed by atoms with E-state index in [1.165, 1.54) is 12.1 Å². The SMILES string of the molecule is CC(C)(C)NC(=O)Nc1ccc(N)cc1F. The van der Waals surface area contributed by atoms with Crippen molar-refractivity contribution in [3.05, 3.63) is 24.0 Å². The van der Waals surface area contributed by atoms with Crippen LogP contribution in [-0.4, -0.2) is 11.6 Å². The lowest BCUT2D eigenvalue weighted by Crippen LogP contribution is -2.43. The van der Waals surface area contributed by atoms with E-state index in [4.69, 9.17) is 5.73 Å². The van der Waals surface area contributed by atoms with Gasteiger partial charge in [0.15, 0.2) is 0 Å². The molecule has 0 radical (unpaired) electrons. The first kappa shape index (κ1) is 12.3. The molecule has 0 spiro atoms. The predicted octanol–water partition coefficient (Wildman–Crippen LogP) is 2.33. The van der Waals surface area contributed by atoms with Crippen LogP contribution in [-0.2, 0) is 0 Å². The van der Waals surface area contributed by atoms with Gasteiger partial charge in [0.2, 0.25) is 0 Å². The molecule has 4 N–H and O–H groups in total. The number of hydrogen-bond donors (Lipinski definition) is 3. The summed E-state index contributed by atoms with van der Waals surface area (Å²) in [5.74, 6) is -0.552. The molecule has 0 aromatic heterocycles. The molecule has 1 aromatic rings. The zero-order valence-corrected chi connectivity index (χ0v) is 9.60. The van der Waals surface area contributed by atoms with Crippen LogP contribution in [0, 0.1) is 5.82 Å². The van der Waals surface area contributed by atoms with Gasteiger partial charge in [0.25, 0.3) is 0 Å². The lowest BCUT2D eigenvalue weighted by Gasteiger charge is -2.20. The Balaban J connectivity index is 2.70. The minimum Gasteiger partial charge on any atom is -0.399 e. The summed E-state index contributed by atoms with van der Waals surface area (Å²) < 4.78 is 13.3. The van der Waals surface area contributed by atoms with Crippen LogP contribution in [0.5, 0.6) is 0 Å². The number of carbonyl (C=O) groups is 1. The van der Waals surface area contributed by atoms with Crippen molar-refractivity contribution in [2.75, 3.05) is 11.1 Å². The third-order valence-corrected chi connectivity index (χ3v) is 1.73. The summed E-state index contributed by atoms with van der Waals surface area (Å²) in [6, 6.07) is 3.66. The molecule has 0 aliphatic carbocycles. The maximum atomic E-state index is 13.3. The first-order valence-electron chi connectivity index (χ1n) is 4.92. The van der Waals surface area contributed by atoms with Gasteiger partial charge in [-0.15, -0.1) is 0 Å². The Morgan fingerprint density at radius 1 is 1.38 bits per heavy atom. The molecule has 0 unspecified atom stereocenters. The van der Waals surface area contributed by atoms with Crippen molar-refractivity contribution in [3.8, 4) is 0 Å². The molecule has 1 aromatic carbocycles. The molecule has 88 valence electrons. The number of amides is 2. The van der Waals surface area contributed by atoms with Gasteiger partial charge in [-0.05, 0) is 39.0 Å². The van der Waals surface area contributed by atoms with Crippen molar-refractivity contribution in [3.63, 3.8) is 0 Å². The summed E-state index contributed by atoms with van der Waals surface area (Å²) in [6.07, 6.45) is 0. The molecule has 5 heteroatoms. The van der Waals surface area contributed by atoms with Gasteiger partial charge in [0, 0.05) is 11.2 Å². The number of nitrogen functional groups attached to an aromatic ring is 1. The van der Waals surface area contributed by atoms with Gasteiger partial charge in [-0.2, -0.15) is 0 Å². The second-order valence-corrected chi connectivity index (χ2v) is 4.57. The van der Waals surface area contributed by atoms with Crippen molar-refractivity contribution in [1.82, 2.24) is 5.32 Å². The number of urea groups is 1. The zero-order valence-electron chi connectivity index (χ0n) is 9.60. The Bertz CT molecular complexity index is 399. The first-order valence-corrected chi connectivity index (χ1v) is 4.92. The van der Waals surface area contributed by atoms with Crippen LogP contribution >= 0.6 is 0 Å². The molecule has 4 nitrogen and oxygen atoms in total. The minimum absolute atomic E-state index is 0.107. The van der Waals surface area contributed by atoms with Gasteiger partial charge in [0.05, 0.1) is 5.69 Å². The van der Waals surface area contributed by atoms with Crippen molar-refractivity contribution >= 4 is 17.4 Å². The van der Waals surface area contributed by atoms with Gasteiger partial charge < -0.3 is 16.4 Å². The van der Waals surface area contributed by atoms with E-state index >= 15 is 0 Å². The number of halogens is 1. The maximum absolute atomic E-state index is 13.3. The standard InChI is InChI=1S/C11H16FN3O/c1-11(2,3)15-10(16)14-9-5-4-7(13)6-8(9)12/h4-6H,13H2,1-3H3,(H2,14,15,16). The molecule has 0 saturated carbocycles.